The molecule has 0 radical (unpaired) electrons. The minimum Gasteiger partial charge on any atom is -0.0542 e. The highest BCUT2D eigenvalue weighted by atomic mass is 127. The minimum absolute atomic E-state index is 1.03. The van der Waals surface area contributed by atoms with Crippen molar-refractivity contribution in [3.05, 3.63) is 35.4 Å². The fraction of sp³-hybridized carbons (Fsp3) is 0. The fourth-order valence-corrected chi connectivity index (χ4v) is 1.77. The molecule has 0 aliphatic rings. The van der Waals surface area contributed by atoms with Gasteiger partial charge < -0.3 is 0 Å². The Balaban J connectivity index is 2.78. The molecule has 70 valence electrons. The maximum absolute atomic E-state index is 3.03. The first-order chi connectivity index (χ1) is 6.86. The average Bonchev–Trinajstić information content (AvgIpc) is 2.25. The lowest BCUT2D eigenvalue weighted by atomic mass is 10.1. The molecule has 0 amide bonds. The van der Waals surface area contributed by atoms with Gasteiger partial charge in [0.25, 0.3) is 0 Å². The van der Waals surface area contributed by atoms with Gasteiger partial charge in [0.1, 0.15) is 0 Å². The Kier molecular flexibility index (Phi) is 6.96. The van der Waals surface area contributed by atoms with Crippen LogP contribution in [0.25, 0.3) is 0 Å². The monoisotopic (exact) mass is 442 g/mol. The van der Waals surface area contributed by atoms with Gasteiger partial charge in [-0.2, -0.15) is 0 Å². The largest absolute Gasteiger partial charge is 0.0542 e. The van der Waals surface area contributed by atoms with Gasteiger partial charge in [-0.3, -0.25) is 0 Å². The second kappa shape index (κ2) is 7.75. The van der Waals surface area contributed by atoms with Crippen molar-refractivity contribution in [3.8, 4) is 22.3 Å². The summed E-state index contributed by atoms with van der Waals surface area (Å²) in [5, 5.41) is 5.88. The first-order valence-corrected chi connectivity index (χ1v) is 10.3. The number of rotatable bonds is 0. The molecule has 0 atom stereocenters. The van der Waals surface area contributed by atoms with Crippen LogP contribution in [0.5, 0.6) is 0 Å². The highest BCUT2D eigenvalue weighted by Crippen LogP contribution is 2.10. The van der Waals surface area contributed by atoms with Gasteiger partial charge in [0.15, 0.2) is 0 Å². The molecule has 0 aliphatic carbocycles. The highest BCUT2D eigenvalue weighted by molar-refractivity contribution is 14.2. The van der Waals surface area contributed by atoms with Gasteiger partial charge in [0, 0.05) is 53.5 Å². The fourth-order valence-electron chi connectivity index (χ4n) is 0.793. The second-order valence-corrected chi connectivity index (χ2v) is 5.55. The molecule has 0 N–H and O–H groups in total. The predicted molar refractivity (Wildman–Crippen MR) is 83.4 cm³/mol. The third-order valence-electron chi connectivity index (χ3n) is 1.35. The molecular weight excluding hydrogens is 438 g/mol. The van der Waals surface area contributed by atoms with E-state index in [-0.39, 0.29) is 0 Å². The van der Waals surface area contributed by atoms with Gasteiger partial charge in [0.2, 0.25) is 0 Å². The van der Waals surface area contributed by atoms with Crippen LogP contribution in [0.3, 0.4) is 0 Å². The molecule has 0 heterocycles. The number of hydrogen-bond acceptors (Lipinski definition) is 2. The number of benzene rings is 1. The van der Waals surface area contributed by atoms with Crippen LogP contribution in [-0.2, 0) is 0 Å². The van der Waals surface area contributed by atoms with E-state index >= 15 is 0 Å². The lowest BCUT2D eigenvalue weighted by Gasteiger charge is -1.90. The van der Waals surface area contributed by atoms with Gasteiger partial charge in [0.05, 0.1) is 0 Å². The Morgan fingerprint density at radius 2 is 1.14 bits per heavy atom. The van der Waals surface area contributed by atoms with E-state index in [2.05, 4.69) is 64.8 Å². The molecule has 1 aromatic carbocycles. The highest BCUT2D eigenvalue weighted by Gasteiger charge is 1.87. The minimum atomic E-state index is 1.03. The molecule has 0 aromatic heterocycles. The van der Waals surface area contributed by atoms with Crippen LogP contribution in [-0.4, -0.2) is 0 Å². The summed E-state index contributed by atoms with van der Waals surface area (Å²) < 4.78 is 0. The molecule has 0 fully saturated rings. The summed E-state index contributed by atoms with van der Waals surface area (Å²) in [5.74, 6) is 6.06. The maximum Gasteiger partial charge on any atom is 0.0255 e. The topological polar surface area (TPSA) is 0 Å². The smallest absolute Gasteiger partial charge is 0.0255 e. The Morgan fingerprint density at radius 1 is 0.786 bits per heavy atom. The SMILES string of the molecule is ISC#Cc1ccc(C#CSI)cc1. The van der Waals surface area contributed by atoms with E-state index in [9.17, 15) is 0 Å². The molecule has 0 aliphatic heterocycles. The van der Waals surface area contributed by atoms with Crippen molar-refractivity contribution in [1.82, 2.24) is 0 Å². The van der Waals surface area contributed by atoms with Crippen LogP contribution in [0, 0.1) is 22.3 Å². The van der Waals surface area contributed by atoms with Crippen molar-refractivity contribution in [2.45, 2.75) is 0 Å². The van der Waals surface area contributed by atoms with Crippen molar-refractivity contribution < 1.29 is 0 Å². The van der Waals surface area contributed by atoms with Crippen LogP contribution in [0.15, 0.2) is 24.3 Å². The van der Waals surface area contributed by atoms with Crippen LogP contribution >= 0.6 is 60.3 Å². The summed E-state index contributed by atoms with van der Waals surface area (Å²) in [7, 11) is 2.98. The normalized spacial score (nSPS) is 8.14. The van der Waals surface area contributed by atoms with E-state index in [1.165, 1.54) is 17.9 Å². The van der Waals surface area contributed by atoms with Crippen molar-refractivity contribution in [1.29, 1.82) is 0 Å². The van der Waals surface area contributed by atoms with Gasteiger partial charge in [-0.15, -0.1) is 0 Å². The van der Waals surface area contributed by atoms with Crippen LogP contribution < -0.4 is 0 Å². The first kappa shape index (κ1) is 12.6. The van der Waals surface area contributed by atoms with Crippen molar-refractivity contribution in [2.24, 2.45) is 0 Å². The molecule has 0 saturated carbocycles. The molecule has 1 aromatic rings. The average molecular weight is 442 g/mol. The summed E-state index contributed by atoms with van der Waals surface area (Å²) in [6.45, 7) is 0. The lowest BCUT2D eigenvalue weighted by molar-refractivity contribution is 1.61. The quantitative estimate of drug-likeness (QED) is 0.430. The molecule has 4 heteroatoms. The van der Waals surface area contributed by atoms with Crippen LogP contribution in [0.2, 0.25) is 0 Å². The molecule has 0 saturated heterocycles. The molecule has 0 bridgehead atoms. The predicted octanol–water partition coefficient (Wildman–Crippen LogP) is 4.47. The van der Waals surface area contributed by atoms with Gasteiger partial charge in [-0.25, -0.2) is 0 Å². The summed E-state index contributed by atoms with van der Waals surface area (Å²) in [6, 6.07) is 7.95. The van der Waals surface area contributed by atoms with E-state index < -0.39 is 0 Å². The third-order valence-corrected chi connectivity index (χ3v) is 3.03. The van der Waals surface area contributed by atoms with Gasteiger partial charge >= 0.3 is 0 Å². The summed E-state index contributed by atoms with van der Waals surface area (Å²) in [4.78, 5) is 0. The summed E-state index contributed by atoms with van der Waals surface area (Å²) in [5.41, 5.74) is 2.06. The molecule has 0 nitrogen and oxygen atoms in total. The van der Waals surface area contributed by atoms with Crippen molar-refractivity contribution >= 4 is 60.3 Å². The van der Waals surface area contributed by atoms with E-state index in [0.717, 1.165) is 11.1 Å². The second-order valence-electron chi connectivity index (χ2n) is 2.19. The molecule has 0 spiro atoms. The third kappa shape index (κ3) is 4.83. The van der Waals surface area contributed by atoms with Crippen molar-refractivity contribution in [2.75, 3.05) is 0 Å². The molecular formula is C10H4I2S2. The van der Waals surface area contributed by atoms with E-state index in [1.807, 2.05) is 24.3 Å². The first-order valence-electron chi connectivity index (χ1n) is 3.54. The molecule has 1 rings (SSSR count). The summed E-state index contributed by atoms with van der Waals surface area (Å²) >= 11 is 4.31. The van der Waals surface area contributed by atoms with Crippen LogP contribution in [0.4, 0.5) is 0 Å². The number of hydrogen-bond donors (Lipinski definition) is 0. The standard InChI is InChI=1S/C10H4I2S2/c11-13-7-5-9-1-2-10(4-3-9)6-8-14-12/h1-4H. The Hall–Kier alpha value is 0.500. The van der Waals surface area contributed by atoms with Gasteiger partial charge in [-0.05, 0) is 52.6 Å². The zero-order valence-electron chi connectivity index (χ0n) is 6.88. The maximum atomic E-state index is 3.03. The zero-order valence-corrected chi connectivity index (χ0v) is 12.8. The Labute approximate surface area is 117 Å². The van der Waals surface area contributed by atoms with E-state index in [1.54, 1.807) is 0 Å². The number of halogens is 2. The van der Waals surface area contributed by atoms with E-state index in [4.69, 9.17) is 0 Å². The molecule has 14 heavy (non-hydrogen) atoms. The van der Waals surface area contributed by atoms with Gasteiger partial charge in [-0.1, -0.05) is 11.8 Å². The van der Waals surface area contributed by atoms with Crippen LogP contribution in [0.1, 0.15) is 11.1 Å². The Bertz CT molecular complexity index is 363. The Morgan fingerprint density at radius 3 is 1.43 bits per heavy atom. The molecule has 0 unspecified atom stereocenters. The van der Waals surface area contributed by atoms with Crippen molar-refractivity contribution in [3.63, 3.8) is 0 Å². The van der Waals surface area contributed by atoms with E-state index in [0.29, 0.717) is 0 Å². The zero-order chi connectivity index (χ0) is 10.2. The lowest BCUT2D eigenvalue weighted by Crippen LogP contribution is -1.75. The summed E-state index contributed by atoms with van der Waals surface area (Å²) in [6.07, 6.45) is 0.